The van der Waals surface area contributed by atoms with E-state index < -0.39 is 10.0 Å². The average Bonchev–Trinajstić information content (AvgIpc) is 2.63. The third kappa shape index (κ3) is 2.78. The van der Waals surface area contributed by atoms with Gasteiger partial charge in [-0.05, 0) is 31.0 Å². The smallest absolute Gasteiger partial charge is 0.263 e. The summed E-state index contributed by atoms with van der Waals surface area (Å²) in [6.07, 6.45) is 2.36. The lowest BCUT2D eigenvalue weighted by atomic mass is 10.2. The molecular formula is C12H15ClN4O2S. The van der Waals surface area contributed by atoms with Gasteiger partial charge in [-0.1, -0.05) is 18.5 Å². The third-order valence-corrected chi connectivity index (χ3v) is 4.89. The van der Waals surface area contributed by atoms with E-state index in [2.05, 4.69) is 14.8 Å². The van der Waals surface area contributed by atoms with Crippen molar-refractivity contribution in [2.24, 2.45) is 7.05 Å². The predicted octanol–water partition coefficient (Wildman–Crippen LogP) is 2.14. The summed E-state index contributed by atoms with van der Waals surface area (Å²) in [7, 11) is -2.22. The van der Waals surface area contributed by atoms with Gasteiger partial charge in [-0.2, -0.15) is 5.10 Å². The Balaban J connectivity index is 2.40. The summed E-state index contributed by atoms with van der Waals surface area (Å²) in [4.78, 5) is 3.98. The van der Waals surface area contributed by atoms with Gasteiger partial charge in [0.2, 0.25) is 0 Å². The van der Waals surface area contributed by atoms with Crippen LogP contribution in [0, 0.1) is 6.92 Å². The normalized spacial score (nSPS) is 11.6. The summed E-state index contributed by atoms with van der Waals surface area (Å²) >= 11 is 5.98. The number of anilines is 1. The summed E-state index contributed by atoms with van der Waals surface area (Å²) in [5.74, 6) is 0.267. The second-order valence-corrected chi connectivity index (χ2v) is 6.31. The van der Waals surface area contributed by atoms with Crippen LogP contribution in [0.5, 0.6) is 0 Å². The van der Waals surface area contributed by atoms with Crippen LogP contribution >= 0.6 is 11.6 Å². The highest BCUT2D eigenvalue weighted by molar-refractivity contribution is 7.92. The minimum Gasteiger partial charge on any atom is -0.263 e. The monoisotopic (exact) mass is 314 g/mol. The first-order chi connectivity index (χ1) is 9.35. The van der Waals surface area contributed by atoms with Crippen LogP contribution in [0.4, 0.5) is 5.82 Å². The minimum atomic E-state index is -3.81. The van der Waals surface area contributed by atoms with Gasteiger partial charge in [-0.15, -0.1) is 0 Å². The molecule has 8 heteroatoms. The Morgan fingerprint density at radius 1 is 1.45 bits per heavy atom. The topological polar surface area (TPSA) is 76.9 Å². The van der Waals surface area contributed by atoms with Crippen LogP contribution in [-0.4, -0.2) is 23.2 Å². The Morgan fingerprint density at radius 2 is 2.15 bits per heavy atom. The molecule has 108 valence electrons. The molecule has 0 atom stereocenters. The minimum absolute atomic E-state index is 0.0228. The number of hydrogen-bond acceptors (Lipinski definition) is 4. The van der Waals surface area contributed by atoms with Crippen molar-refractivity contribution in [2.45, 2.75) is 25.2 Å². The zero-order chi connectivity index (χ0) is 14.9. The fourth-order valence-electron chi connectivity index (χ4n) is 1.85. The van der Waals surface area contributed by atoms with Crippen LogP contribution in [0.3, 0.4) is 0 Å². The summed E-state index contributed by atoms with van der Waals surface area (Å²) < 4.78 is 28.5. The maximum Gasteiger partial charge on any atom is 0.267 e. The lowest BCUT2D eigenvalue weighted by molar-refractivity contribution is 0.600. The molecule has 2 heterocycles. The Kier molecular flexibility index (Phi) is 4.01. The van der Waals surface area contributed by atoms with Crippen molar-refractivity contribution in [2.75, 3.05) is 4.72 Å². The summed E-state index contributed by atoms with van der Waals surface area (Å²) in [6, 6.07) is 3.53. The molecule has 0 spiro atoms. The van der Waals surface area contributed by atoms with E-state index >= 15 is 0 Å². The highest BCUT2D eigenvalue weighted by Crippen LogP contribution is 2.25. The molecule has 0 saturated heterocycles. The van der Waals surface area contributed by atoms with Crippen LogP contribution in [0.1, 0.15) is 18.2 Å². The van der Waals surface area contributed by atoms with Crippen molar-refractivity contribution in [1.82, 2.24) is 14.8 Å². The van der Waals surface area contributed by atoms with Crippen LogP contribution in [-0.2, 0) is 23.5 Å². The summed E-state index contributed by atoms with van der Waals surface area (Å²) in [5, 5.41) is 4.07. The maximum absolute atomic E-state index is 12.4. The van der Waals surface area contributed by atoms with Crippen molar-refractivity contribution in [1.29, 1.82) is 0 Å². The number of sulfonamides is 1. The zero-order valence-electron chi connectivity index (χ0n) is 11.4. The molecule has 0 amide bonds. The molecular weight excluding hydrogens is 300 g/mol. The molecule has 0 unspecified atom stereocenters. The largest absolute Gasteiger partial charge is 0.267 e. The number of halogens is 1. The van der Waals surface area contributed by atoms with Gasteiger partial charge in [-0.3, -0.25) is 9.40 Å². The lowest BCUT2D eigenvalue weighted by Crippen LogP contribution is -2.15. The molecule has 0 radical (unpaired) electrons. The van der Waals surface area contributed by atoms with E-state index in [1.165, 1.54) is 4.68 Å². The predicted molar refractivity (Wildman–Crippen MR) is 77.4 cm³/mol. The molecule has 6 nitrogen and oxygen atoms in total. The molecule has 0 aliphatic rings. The fraction of sp³-hybridized carbons (Fsp3) is 0.333. The van der Waals surface area contributed by atoms with Crippen LogP contribution in [0.15, 0.2) is 23.2 Å². The van der Waals surface area contributed by atoms with Gasteiger partial charge in [-0.25, -0.2) is 13.4 Å². The Hall–Kier alpha value is -1.60. The van der Waals surface area contributed by atoms with Gasteiger partial charge in [0, 0.05) is 13.2 Å². The summed E-state index contributed by atoms with van der Waals surface area (Å²) in [6.45, 7) is 3.58. The maximum atomic E-state index is 12.4. The Bertz CT molecular complexity index is 740. The van der Waals surface area contributed by atoms with Gasteiger partial charge in [0.1, 0.15) is 15.9 Å². The number of nitrogens with one attached hydrogen (secondary N) is 1. The molecule has 0 bridgehead atoms. The number of nitrogens with zero attached hydrogens (tertiary/aromatic N) is 3. The van der Waals surface area contributed by atoms with Crippen LogP contribution < -0.4 is 4.72 Å². The van der Waals surface area contributed by atoms with Crippen LogP contribution in [0.25, 0.3) is 0 Å². The molecule has 2 aromatic rings. The van der Waals surface area contributed by atoms with E-state index in [1.54, 1.807) is 26.2 Å². The zero-order valence-corrected chi connectivity index (χ0v) is 13.0. The van der Waals surface area contributed by atoms with Crippen LogP contribution in [0.2, 0.25) is 5.15 Å². The molecule has 2 aromatic heterocycles. The molecule has 0 fully saturated rings. The average molecular weight is 315 g/mol. The van der Waals surface area contributed by atoms with E-state index in [0.29, 0.717) is 5.69 Å². The van der Waals surface area contributed by atoms with E-state index in [1.807, 2.05) is 13.0 Å². The van der Waals surface area contributed by atoms with Gasteiger partial charge in [0.25, 0.3) is 10.0 Å². The lowest BCUT2D eigenvalue weighted by Gasteiger charge is -2.08. The first-order valence-corrected chi connectivity index (χ1v) is 7.88. The Morgan fingerprint density at radius 3 is 2.70 bits per heavy atom. The first-order valence-electron chi connectivity index (χ1n) is 6.02. The van der Waals surface area contributed by atoms with E-state index in [0.717, 1.165) is 12.0 Å². The SMILES string of the molecule is CCc1ccnc(NS(=O)(=O)c2c(C)nn(C)c2Cl)c1. The molecule has 0 aliphatic heterocycles. The van der Waals surface area contributed by atoms with E-state index in [-0.39, 0.29) is 15.9 Å². The highest BCUT2D eigenvalue weighted by Gasteiger charge is 2.25. The first kappa shape index (κ1) is 14.8. The fourth-order valence-corrected chi connectivity index (χ4v) is 3.61. The van der Waals surface area contributed by atoms with Gasteiger partial charge in [0.15, 0.2) is 0 Å². The second-order valence-electron chi connectivity index (χ2n) is 4.34. The van der Waals surface area contributed by atoms with Crippen molar-refractivity contribution >= 4 is 27.4 Å². The molecule has 20 heavy (non-hydrogen) atoms. The molecule has 1 N–H and O–H groups in total. The standard InChI is InChI=1S/C12H15ClN4O2S/c1-4-9-5-6-14-10(7-9)16-20(18,19)11-8(2)15-17(3)12(11)13/h5-7H,4H2,1-3H3,(H,14,16). The van der Waals surface area contributed by atoms with Gasteiger partial charge in [0.05, 0.1) is 5.69 Å². The quantitative estimate of drug-likeness (QED) is 0.938. The number of aryl methyl sites for hydroxylation is 3. The molecule has 0 saturated carbocycles. The second kappa shape index (κ2) is 5.41. The van der Waals surface area contributed by atoms with Gasteiger partial charge < -0.3 is 0 Å². The summed E-state index contributed by atoms with van der Waals surface area (Å²) in [5.41, 5.74) is 1.34. The van der Waals surface area contributed by atoms with Crippen molar-refractivity contribution in [3.05, 3.63) is 34.7 Å². The van der Waals surface area contributed by atoms with E-state index in [4.69, 9.17) is 11.6 Å². The van der Waals surface area contributed by atoms with Crippen molar-refractivity contribution < 1.29 is 8.42 Å². The number of hydrogen-bond donors (Lipinski definition) is 1. The van der Waals surface area contributed by atoms with Gasteiger partial charge >= 0.3 is 0 Å². The van der Waals surface area contributed by atoms with E-state index in [9.17, 15) is 8.42 Å². The number of pyridine rings is 1. The third-order valence-electron chi connectivity index (χ3n) is 2.84. The van der Waals surface area contributed by atoms with Crippen molar-refractivity contribution in [3.8, 4) is 0 Å². The molecule has 2 rings (SSSR count). The number of rotatable bonds is 4. The molecule has 0 aliphatic carbocycles. The Labute approximate surface area is 122 Å². The molecule has 0 aromatic carbocycles. The highest BCUT2D eigenvalue weighted by atomic mass is 35.5. The van der Waals surface area contributed by atoms with Crippen molar-refractivity contribution in [3.63, 3.8) is 0 Å². The number of aromatic nitrogens is 3.